The van der Waals surface area contributed by atoms with Crippen LogP contribution in [0.5, 0.6) is 5.75 Å². The predicted octanol–water partition coefficient (Wildman–Crippen LogP) is 3.00. The molecular weight excluding hydrogens is 346 g/mol. The van der Waals surface area contributed by atoms with Crippen molar-refractivity contribution in [3.05, 3.63) is 45.7 Å². The molecule has 1 aliphatic carbocycles. The maximum Gasteiger partial charge on any atom is 0.269 e. The summed E-state index contributed by atoms with van der Waals surface area (Å²) in [5.74, 6) is 1.16. The van der Waals surface area contributed by atoms with Crippen LogP contribution < -0.4 is 10.1 Å². The van der Waals surface area contributed by atoms with Crippen LogP contribution in [0.1, 0.15) is 40.5 Å². The first-order valence-corrected chi connectivity index (χ1v) is 8.03. The van der Waals surface area contributed by atoms with Crippen molar-refractivity contribution in [2.75, 3.05) is 7.11 Å². The summed E-state index contributed by atoms with van der Waals surface area (Å²) < 4.78 is 7.89. The lowest BCUT2D eigenvalue weighted by atomic mass is 10.2. The summed E-state index contributed by atoms with van der Waals surface area (Å²) in [6.07, 6.45) is 2.35. The molecule has 1 saturated carbocycles. The summed E-state index contributed by atoms with van der Waals surface area (Å²) in [7, 11) is 3.43. The number of aromatic nitrogens is 2. The van der Waals surface area contributed by atoms with Crippen LogP contribution in [-0.4, -0.2) is 22.8 Å². The molecule has 22 heavy (non-hydrogen) atoms. The fourth-order valence-electron chi connectivity index (χ4n) is 2.47. The van der Waals surface area contributed by atoms with Crippen molar-refractivity contribution in [1.82, 2.24) is 15.1 Å². The molecule has 0 aliphatic heterocycles. The Hall–Kier alpha value is -1.82. The van der Waals surface area contributed by atoms with Gasteiger partial charge in [-0.2, -0.15) is 5.10 Å². The number of para-hydroxylation sites is 1. The number of benzene rings is 1. The number of halogens is 1. The third-order valence-corrected chi connectivity index (χ3v) is 4.44. The van der Waals surface area contributed by atoms with E-state index in [1.54, 1.807) is 18.8 Å². The Morgan fingerprint density at radius 2 is 2.27 bits per heavy atom. The molecule has 0 unspecified atom stereocenters. The fourth-order valence-corrected chi connectivity index (χ4v) is 3.04. The van der Waals surface area contributed by atoms with Gasteiger partial charge in [-0.25, -0.2) is 0 Å². The van der Waals surface area contributed by atoms with Gasteiger partial charge in [0.1, 0.15) is 11.4 Å². The Bertz CT molecular complexity index is 707. The van der Waals surface area contributed by atoms with Gasteiger partial charge in [0.05, 0.1) is 17.3 Å². The predicted molar refractivity (Wildman–Crippen MR) is 87.0 cm³/mol. The lowest BCUT2D eigenvalue weighted by Gasteiger charge is -2.11. The van der Waals surface area contributed by atoms with Crippen molar-refractivity contribution >= 4 is 21.8 Å². The van der Waals surface area contributed by atoms with E-state index in [2.05, 4.69) is 26.3 Å². The minimum atomic E-state index is -0.121. The van der Waals surface area contributed by atoms with Gasteiger partial charge in [0.15, 0.2) is 0 Å². The monoisotopic (exact) mass is 363 g/mol. The van der Waals surface area contributed by atoms with Crippen LogP contribution >= 0.6 is 15.9 Å². The van der Waals surface area contributed by atoms with Crippen LogP contribution in [-0.2, 0) is 13.6 Å². The van der Waals surface area contributed by atoms with Gasteiger partial charge >= 0.3 is 0 Å². The highest BCUT2D eigenvalue weighted by molar-refractivity contribution is 9.10. The first kappa shape index (κ1) is 15.1. The van der Waals surface area contributed by atoms with Crippen molar-refractivity contribution in [2.24, 2.45) is 7.05 Å². The third-order valence-electron chi connectivity index (χ3n) is 3.82. The number of ether oxygens (including phenoxy) is 1. The minimum Gasteiger partial charge on any atom is -0.495 e. The molecule has 0 bridgehead atoms. The lowest BCUT2D eigenvalue weighted by molar-refractivity contribution is 0.0941. The number of nitrogens with zero attached hydrogens (tertiary/aromatic N) is 2. The third kappa shape index (κ3) is 3.02. The number of amides is 1. The molecule has 0 spiro atoms. The molecule has 6 heteroatoms. The van der Waals surface area contributed by atoms with E-state index in [1.807, 2.05) is 24.3 Å². The second-order valence-corrected chi connectivity index (χ2v) is 6.32. The molecule has 1 heterocycles. The lowest BCUT2D eigenvalue weighted by Crippen LogP contribution is -2.25. The van der Waals surface area contributed by atoms with Gasteiger partial charge in [-0.1, -0.05) is 12.1 Å². The number of hydrogen-bond acceptors (Lipinski definition) is 3. The quantitative estimate of drug-likeness (QED) is 0.888. The molecule has 0 atom stereocenters. The molecule has 1 amide bonds. The van der Waals surface area contributed by atoms with E-state index in [1.165, 1.54) is 12.8 Å². The van der Waals surface area contributed by atoms with E-state index >= 15 is 0 Å². The average molecular weight is 364 g/mol. The van der Waals surface area contributed by atoms with Crippen LogP contribution in [0, 0.1) is 0 Å². The number of nitrogens with one attached hydrogen (secondary N) is 1. The van der Waals surface area contributed by atoms with Gasteiger partial charge in [-0.3, -0.25) is 9.48 Å². The van der Waals surface area contributed by atoms with E-state index in [4.69, 9.17) is 4.74 Å². The highest BCUT2D eigenvalue weighted by atomic mass is 79.9. The number of aryl methyl sites for hydroxylation is 1. The Balaban J connectivity index is 1.71. The van der Waals surface area contributed by atoms with Gasteiger partial charge < -0.3 is 10.1 Å². The molecule has 1 aromatic carbocycles. The fraction of sp³-hybridized carbons (Fsp3) is 0.375. The largest absolute Gasteiger partial charge is 0.495 e. The molecular formula is C16H18BrN3O2. The Morgan fingerprint density at radius 3 is 2.95 bits per heavy atom. The number of rotatable bonds is 5. The molecule has 0 saturated heterocycles. The zero-order valence-electron chi connectivity index (χ0n) is 12.6. The summed E-state index contributed by atoms with van der Waals surface area (Å²) in [6, 6.07) is 7.66. The van der Waals surface area contributed by atoms with Gasteiger partial charge in [0, 0.05) is 25.1 Å². The highest BCUT2D eigenvalue weighted by Crippen LogP contribution is 2.39. The summed E-state index contributed by atoms with van der Waals surface area (Å²) in [4.78, 5) is 12.4. The highest BCUT2D eigenvalue weighted by Gasteiger charge is 2.28. The molecule has 1 fully saturated rings. The first-order valence-electron chi connectivity index (χ1n) is 7.23. The second-order valence-electron chi connectivity index (χ2n) is 5.47. The van der Waals surface area contributed by atoms with Crippen molar-refractivity contribution < 1.29 is 9.53 Å². The number of hydrogen-bond donors (Lipinski definition) is 1. The maximum atomic E-state index is 12.4. The van der Waals surface area contributed by atoms with Gasteiger partial charge in [0.25, 0.3) is 5.91 Å². The summed E-state index contributed by atoms with van der Waals surface area (Å²) >= 11 is 3.45. The minimum absolute atomic E-state index is 0.121. The Labute approximate surface area is 137 Å². The van der Waals surface area contributed by atoms with Crippen LogP contribution in [0.15, 0.2) is 28.7 Å². The van der Waals surface area contributed by atoms with E-state index in [0.717, 1.165) is 21.5 Å². The summed E-state index contributed by atoms with van der Waals surface area (Å²) in [5, 5.41) is 7.35. The average Bonchev–Trinajstić information content (AvgIpc) is 3.28. The van der Waals surface area contributed by atoms with Gasteiger partial charge in [-0.15, -0.1) is 0 Å². The second kappa shape index (κ2) is 6.12. The van der Waals surface area contributed by atoms with Crippen molar-refractivity contribution in [3.63, 3.8) is 0 Å². The van der Waals surface area contributed by atoms with Crippen molar-refractivity contribution in [2.45, 2.75) is 25.3 Å². The normalized spacial score (nSPS) is 14.0. The standard InChI is InChI=1S/C16H18BrN3O2/c1-20-14(8-13(19-20)10-6-7-10)16(21)18-9-11-4-3-5-12(17)15(11)22-2/h3-5,8,10H,6-7,9H2,1-2H3,(H,18,21). The van der Waals surface area contributed by atoms with Crippen LogP contribution in [0.2, 0.25) is 0 Å². The van der Waals surface area contributed by atoms with Crippen LogP contribution in [0.3, 0.4) is 0 Å². The van der Waals surface area contributed by atoms with E-state index in [-0.39, 0.29) is 5.91 Å². The maximum absolute atomic E-state index is 12.4. The molecule has 2 aromatic rings. The zero-order chi connectivity index (χ0) is 15.7. The Morgan fingerprint density at radius 1 is 1.50 bits per heavy atom. The first-order chi connectivity index (χ1) is 10.6. The summed E-state index contributed by atoms with van der Waals surface area (Å²) in [5.41, 5.74) is 2.54. The van der Waals surface area contributed by atoms with Crippen molar-refractivity contribution in [3.8, 4) is 5.75 Å². The van der Waals surface area contributed by atoms with Gasteiger partial charge in [0.2, 0.25) is 0 Å². The molecule has 1 aliphatic rings. The SMILES string of the molecule is COc1c(Br)cccc1CNC(=O)c1cc(C2CC2)nn1C. The molecule has 1 N–H and O–H groups in total. The zero-order valence-corrected chi connectivity index (χ0v) is 14.2. The molecule has 3 rings (SSSR count). The number of methoxy groups -OCH3 is 1. The van der Waals surface area contributed by atoms with E-state index in [9.17, 15) is 4.79 Å². The molecule has 5 nitrogen and oxygen atoms in total. The molecule has 116 valence electrons. The van der Waals surface area contributed by atoms with Crippen LogP contribution in [0.25, 0.3) is 0 Å². The number of carbonyl (C=O) groups is 1. The summed E-state index contributed by atoms with van der Waals surface area (Å²) in [6.45, 7) is 0.408. The molecule has 1 aromatic heterocycles. The van der Waals surface area contributed by atoms with Crippen LogP contribution in [0.4, 0.5) is 0 Å². The van der Waals surface area contributed by atoms with E-state index < -0.39 is 0 Å². The van der Waals surface area contributed by atoms with Crippen molar-refractivity contribution in [1.29, 1.82) is 0 Å². The molecule has 0 radical (unpaired) electrons. The number of carbonyl (C=O) groups excluding carboxylic acids is 1. The smallest absolute Gasteiger partial charge is 0.269 e. The Kier molecular flexibility index (Phi) is 4.20. The topological polar surface area (TPSA) is 56.1 Å². The van der Waals surface area contributed by atoms with E-state index in [0.29, 0.717) is 18.2 Å². The van der Waals surface area contributed by atoms with Gasteiger partial charge in [-0.05, 0) is 40.9 Å².